The number of nitrogens with zero attached hydrogens (tertiary/aromatic N) is 4. The van der Waals surface area contributed by atoms with Gasteiger partial charge in [-0.1, -0.05) is 24.6 Å². The maximum absolute atomic E-state index is 12.3. The highest BCUT2D eigenvalue weighted by atomic mass is 32.2. The number of thiazole rings is 1. The molecule has 0 N–H and O–H groups in total. The summed E-state index contributed by atoms with van der Waals surface area (Å²) in [6, 6.07) is 3.91. The number of carbonyl (C=O) groups is 1. The number of rotatable bonds is 4. The van der Waals surface area contributed by atoms with Crippen molar-refractivity contribution in [1.29, 1.82) is 0 Å². The first-order valence-corrected chi connectivity index (χ1v) is 10.1. The van der Waals surface area contributed by atoms with Crippen LogP contribution in [0.25, 0.3) is 10.6 Å². The number of carbonyl (C=O) groups excluding carboxylic acids is 1. The molecule has 0 atom stereocenters. The van der Waals surface area contributed by atoms with Crippen LogP contribution in [0.15, 0.2) is 17.2 Å². The van der Waals surface area contributed by atoms with Crippen molar-refractivity contribution in [3.05, 3.63) is 22.8 Å². The number of aryl methyl sites for hydroxylation is 2. The molecule has 0 unspecified atom stereocenters. The van der Waals surface area contributed by atoms with Crippen LogP contribution in [0.2, 0.25) is 0 Å². The molecule has 0 aromatic carbocycles. The van der Waals surface area contributed by atoms with Gasteiger partial charge < -0.3 is 4.90 Å². The Labute approximate surface area is 150 Å². The molecule has 0 aliphatic carbocycles. The predicted molar refractivity (Wildman–Crippen MR) is 98.4 cm³/mol. The van der Waals surface area contributed by atoms with Gasteiger partial charge in [0, 0.05) is 13.1 Å². The molecular formula is C17H22N4OS2. The molecule has 7 heteroatoms. The normalized spacial score (nSPS) is 15.3. The largest absolute Gasteiger partial charge is 0.342 e. The summed E-state index contributed by atoms with van der Waals surface area (Å²) in [5.41, 5.74) is 1.84. The van der Waals surface area contributed by atoms with Crippen LogP contribution in [0.4, 0.5) is 0 Å². The van der Waals surface area contributed by atoms with Gasteiger partial charge >= 0.3 is 0 Å². The van der Waals surface area contributed by atoms with E-state index in [-0.39, 0.29) is 5.91 Å². The summed E-state index contributed by atoms with van der Waals surface area (Å²) in [5.74, 6) is 0.647. The molecule has 0 radical (unpaired) electrons. The lowest BCUT2D eigenvalue weighted by atomic mass is 10.2. The zero-order chi connectivity index (χ0) is 16.9. The first kappa shape index (κ1) is 17.4. The van der Waals surface area contributed by atoms with Crippen molar-refractivity contribution in [2.75, 3.05) is 18.8 Å². The Morgan fingerprint density at radius 3 is 2.50 bits per heavy atom. The van der Waals surface area contributed by atoms with Crippen molar-refractivity contribution in [2.45, 2.75) is 44.6 Å². The standard InChI is InChI=1S/C17H22N4OS2/c1-12-17(24-13(2)18-12)14-7-8-15(20-19-14)23-11-16(22)21-9-5-3-4-6-10-21/h7-8H,3-6,9-11H2,1-2H3. The third-order valence-electron chi connectivity index (χ3n) is 4.08. The second-order valence-corrected chi connectivity index (χ2v) is 8.19. The summed E-state index contributed by atoms with van der Waals surface area (Å²) in [5, 5.41) is 10.4. The summed E-state index contributed by atoms with van der Waals surface area (Å²) >= 11 is 3.10. The molecule has 24 heavy (non-hydrogen) atoms. The lowest BCUT2D eigenvalue weighted by Gasteiger charge is -2.19. The predicted octanol–water partition coefficient (Wildman–Crippen LogP) is 3.71. The number of hydrogen-bond acceptors (Lipinski definition) is 6. The minimum Gasteiger partial charge on any atom is -0.342 e. The molecular weight excluding hydrogens is 340 g/mol. The van der Waals surface area contributed by atoms with E-state index in [2.05, 4.69) is 15.2 Å². The first-order valence-electron chi connectivity index (χ1n) is 8.32. The van der Waals surface area contributed by atoms with Gasteiger partial charge in [0.2, 0.25) is 5.91 Å². The number of aromatic nitrogens is 3. The third kappa shape index (κ3) is 4.33. The van der Waals surface area contributed by atoms with Gasteiger partial charge in [-0.05, 0) is 38.8 Å². The van der Waals surface area contributed by atoms with Crippen molar-refractivity contribution in [3.63, 3.8) is 0 Å². The Morgan fingerprint density at radius 1 is 1.17 bits per heavy atom. The minimum absolute atomic E-state index is 0.210. The quantitative estimate of drug-likeness (QED) is 0.776. The van der Waals surface area contributed by atoms with Crippen LogP contribution in [0.1, 0.15) is 36.4 Å². The van der Waals surface area contributed by atoms with Crippen LogP contribution in [-0.4, -0.2) is 44.8 Å². The number of likely N-dealkylation sites (tertiary alicyclic amines) is 1. The maximum atomic E-state index is 12.3. The Morgan fingerprint density at radius 2 is 1.92 bits per heavy atom. The van der Waals surface area contributed by atoms with Gasteiger partial charge in [-0.3, -0.25) is 4.79 Å². The summed E-state index contributed by atoms with van der Waals surface area (Å²) in [6.45, 7) is 5.78. The van der Waals surface area contributed by atoms with Gasteiger partial charge in [0.05, 0.1) is 21.3 Å². The molecule has 3 heterocycles. The molecule has 1 saturated heterocycles. The van der Waals surface area contributed by atoms with E-state index < -0.39 is 0 Å². The SMILES string of the molecule is Cc1nc(C)c(-c2ccc(SCC(=O)N3CCCCCC3)nn2)s1. The molecule has 1 aliphatic heterocycles. The van der Waals surface area contributed by atoms with E-state index in [1.54, 1.807) is 11.3 Å². The Hall–Kier alpha value is -1.47. The molecule has 0 saturated carbocycles. The molecule has 128 valence electrons. The zero-order valence-electron chi connectivity index (χ0n) is 14.1. The van der Waals surface area contributed by atoms with E-state index in [0.29, 0.717) is 5.75 Å². The van der Waals surface area contributed by atoms with E-state index in [1.807, 2.05) is 30.9 Å². The van der Waals surface area contributed by atoms with Crippen molar-refractivity contribution in [2.24, 2.45) is 0 Å². The number of amides is 1. The van der Waals surface area contributed by atoms with E-state index in [9.17, 15) is 4.79 Å². The Bertz CT molecular complexity index is 691. The molecule has 0 bridgehead atoms. The second kappa shape index (κ2) is 8.07. The topological polar surface area (TPSA) is 59.0 Å². The molecule has 1 aliphatic rings. The highest BCUT2D eigenvalue weighted by Crippen LogP contribution is 2.28. The summed E-state index contributed by atoms with van der Waals surface area (Å²) < 4.78 is 0. The summed E-state index contributed by atoms with van der Waals surface area (Å²) in [4.78, 5) is 19.8. The molecule has 2 aromatic heterocycles. The van der Waals surface area contributed by atoms with Crippen molar-refractivity contribution in [3.8, 4) is 10.6 Å². The average molecular weight is 363 g/mol. The van der Waals surface area contributed by atoms with Crippen LogP contribution in [-0.2, 0) is 4.79 Å². The zero-order valence-corrected chi connectivity index (χ0v) is 15.8. The van der Waals surface area contributed by atoms with Gasteiger partial charge in [-0.25, -0.2) is 4.98 Å². The van der Waals surface area contributed by atoms with Crippen molar-refractivity contribution < 1.29 is 4.79 Å². The highest BCUT2D eigenvalue weighted by molar-refractivity contribution is 7.99. The average Bonchev–Trinajstić information content (AvgIpc) is 2.80. The van der Waals surface area contributed by atoms with Crippen LogP contribution in [0.3, 0.4) is 0 Å². The number of hydrogen-bond donors (Lipinski definition) is 0. The second-order valence-electron chi connectivity index (χ2n) is 5.99. The summed E-state index contributed by atoms with van der Waals surface area (Å²) in [7, 11) is 0. The van der Waals surface area contributed by atoms with E-state index in [0.717, 1.165) is 52.2 Å². The van der Waals surface area contributed by atoms with E-state index in [1.165, 1.54) is 24.6 Å². The van der Waals surface area contributed by atoms with Gasteiger partial charge in [0.25, 0.3) is 0 Å². The maximum Gasteiger partial charge on any atom is 0.232 e. The Balaban J connectivity index is 1.58. The van der Waals surface area contributed by atoms with Gasteiger partial charge in [0.1, 0.15) is 10.7 Å². The summed E-state index contributed by atoms with van der Waals surface area (Å²) in [6.07, 6.45) is 4.72. The molecule has 3 rings (SSSR count). The van der Waals surface area contributed by atoms with Crippen LogP contribution in [0, 0.1) is 13.8 Å². The lowest BCUT2D eigenvalue weighted by Crippen LogP contribution is -2.33. The van der Waals surface area contributed by atoms with Crippen molar-refractivity contribution in [1.82, 2.24) is 20.1 Å². The van der Waals surface area contributed by atoms with Crippen LogP contribution in [0.5, 0.6) is 0 Å². The fourth-order valence-electron chi connectivity index (χ4n) is 2.83. The number of thioether (sulfide) groups is 1. The lowest BCUT2D eigenvalue weighted by molar-refractivity contribution is -0.128. The molecule has 5 nitrogen and oxygen atoms in total. The van der Waals surface area contributed by atoms with Crippen LogP contribution < -0.4 is 0 Å². The van der Waals surface area contributed by atoms with Gasteiger partial charge in [-0.15, -0.1) is 21.5 Å². The Kier molecular flexibility index (Phi) is 5.84. The molecule has 1 fully saturated rings. The monoisotopic (exact) mass is 362 g/mol. The van der Waals surface area contributed by atoms with Gasteiger partial charge in [0.15, 0.2) is 0 Å². The fraction of sp³-hybridized carbons (Fsp3) is 0.529. The van der Waals surface area contributed by atoms with Crippen LogP contribution >= 0.6 is 23.1 Å². The van der Waals surface area contributed by atoms with Gasteiger partial charge in [-0.2, -0.15) is 0 Å². The van der Waals surface area contributed by atoms with E-state index >= 15 is 0 Å². The highest BCUT2D eigenvalue weighted by Gasteiger charge is 2.16. The molecule has 0 spiro atoms. The minimum atomic E-state index is 0.210. The van der Waals surface area contributed by atoms with E-state index in [4.69, 9.17) is 0 Å². The molecule has 2 aromatic rings. The fourth-order valence-corrected chi connectivity index (χ4v) is 4.44. The third-order valence-corrected chi connectivity index (χ3v) is 6.08. The molecule has 1 amide bonds. The smallest absolute Gasteiger partial charge is 0.232 e. The van der Waals surface area contributed by atoms with Crippen molar-refractivity contribution >= 4 is 29.0 Å². The first-order chi connectivity index (χ1) is 11.6.